The van der Waals surface area contributed by atoms with Crippen LogP contribution in [0.2, 0.25) is 0 Å². The smallest absolute Gasteiger partial charge is 0.332 e. The van der Waals surface area contributed by atoms with Gasteiger partial charge in [0.2, 0.25) is 5.78 Å². The number of allylic oxidation sites excluding steroid dienone is 2. The van der Waals surface area contributed by atoms with E-state index in [0.29, 0.717) is 38.4 Å². The number of hydrogen-bond acceptors (Lipinski definition) is 7. The van der Waals surface area contributed by atoms with Crippen LogP contribution >= 0.6 is 11.3 Å². The van der Waals surface area contributed by atoms with Crippen LogP contribution in [-0.4, -0.2) is 38.2 Å². The van der Waals surface area contributed by atoms with Gasteiger partial charge in [-0.1, -0.05) is 53.7 Å². The molecule has 3 aromatic heterocycles. The van der Waals surface area contributed by atoms with Gasteiger partial charge < -0.3 is 14.0 Å². The number of ketones is 3. The van der Waals surface area contributed by atoms with E-state index in [1.807, 2.05) is 158 Å². The van der Waals surface area contributed by atoms with E-state index in [9.17, 15) is 19.2 Å². The van der Waals surface area contributed by atoms with E-state index >= 15 is 0 Å². The van der Waals surface area contributed by atoms with Crippen molar-refractivity contribution in [3.05, 3.63) is 195 Å². The molecule has 60 heavy (non-hydrogen) atoms. The van der Waals surface area contributed by atoms with E-state index in [-0.39, 0.29) is 17.3 Å². The molecule has 8 nitrogen and oxygen atoms in total. The molecule has 0 radical (unpaired) electrons. The van der Waals surface area contributed by atoms with Gasteiger partial charge in [0.1, 0.15) is 5.71 Å². The summed E-state index contributed by atoms with van der Waals surface area (Å²) < 4.78 is 4.31. The Hall–Kier alpha value is -7.49. The number of fused-ring (bicyclic) bond motifs is 6. The fourth-order valence-corrected chi connectivity index (χ4v) is 8.70. The molecule has 0 unspecified atom stereocenters. The molecule has 0 aliphatic rings. The summed E-state index contributed by atoms with van der Waals surface area (Å²) in [7, 11) is 0. The number of oxime groups is 1. The monoisotopic (exact) mass is 803 g/mol. The van der Waals surface area contributed by atoms with Gasteiger partial charge in [-0.05, 0) is 122 Å². The van der Waals surface area contributed by atoms with Crippen LogP contribution in [0.5, 0.6) is 0 Å². The Morgan fingerprint density at radius 2 is 1.08 bits per heavy atom. The van der Waals surface area contributed by atoms with Crippen LogP contribution in [0, 0.1) is 0 Å². The first-order chi connectivity index (χ1) is 29.2. The molecule has 9 rings (SSSR count). The number of hydrogen-bond donors (Lipinski definition) is 0. The van der Waals surface area contributed by atoms with Crippen molar-refractivity contribution in [1.82, 2.24) is 9.13 Å². The topological polar surface area (TPSA) is 99.7 Å². The summed E-state index contributed by atoms with van der Waals surface area (Å²) in [6.07, 6.45) is 3.59. The molecule has 0 saturated heterocycles. The Morgan fingerprint density at radius 3 is 1.62 bits per heavy atom. The number of rotatable bonds is 11. The maximum atomic E-state index is 14.2. The van der Waals surface area contributed by atoms with Gasteiger partial charge in [-0.15, -0.1) is 11.3 Å². The van der Waals surface area contributed by atoms with Crippen molar-refractivity contribution >= 4 is 84.0 Å². The molecule has 9 aromatic rings. The summed E-state index contributed by atoms with van der Waals surface area (Å²) in [6, 6.07) is 43.7. The molecule has 0 bridgehead atoms. The van der Waals surface area contributed by atoms with E-state index in [1.54, 1.807) is 6.08 Å². The van der Waals surface area contributed by atoms with Crippen LogP contribution in [0.3, 0.4) is 0 Å². The van der Waals surface area contributed by atoms with Gasteiger partial charge in [-0.25, -0.2) is 4.79 Å². The molecule has 0 N–H and O–H groups in total. The summed E-state index contributed by atoms with van der Waals surface area (Å²) in [6.45, 7) is 5.98. The summed E-state index contributed by atoms with van der Waals surface area (Å²) in [4.78, 5) is 58.4. The van der Waals surface area contributed by atoms with Crippen LogP contribution in [0.1, 0.15) is 73.4 Å². The van der Waals surface area contributed by atoms with Crippen molar-refractivity contribution in [3.63, 3.8) is 0 Å². The lowest BCUT2D eigenvalue weighted by Crippen LogP contribution is -2.03. The number of nitrogens with zero attached hydrogens (tertiary/aromatic N) is 3. The van der Waals surface area contributed by atoms with Crippen molar-refractivity contribution in [2.45, 2.75) is 27.3 Å². The lowest BCUT2D eigenvalue weighted by Gasteiger charge is -2.10. The lowest BCUT2D eigenvalue weighted by atomic mass is 9.99. The van der Waals surface area contributed by atoms with Crippen LogP contribution < -0.4 is 0 Å². The molecular weight excluding hydrogens is 767 g/mol. The van der Waals surface area contributed by atoms with Crippen molar-refractivity contribution in [1.29, 1.82) is 0 Å². The van der Waals surface area contributed by atoms with E-state index < -0.39 is 5.97 Å². The number of thiophene rings is 1. The molecule has 0 aliphatic heterocycles. The summed E-state index contributed by atoms with van der Waals surface area (Å²) in [5.41, 5.74) is 8.64. The highest BCUT2D eigenvalue weighted by Crippen LogP contribution is 2.36. The molecule has 0 atom stereocenters. The third-order valence-electron chi connectivity index (χ3n) is 10.8. The highest BCUT2D eigenvalue weighted by molar-refractivity contribution is 7.12. The highest BCUT2D eigenvalue weighted by atomic mass is 32.1. The second-order valence-corrected chi connectivity index (χ2v) is 15.4. The Bertz CT molecular complexity index is 3240. The lowest BCUT2D eigenvalue weighted by molar-refractivity contribution is -0.140. The first kappa shape index (κ1) is 38.1. The Labute approximate surface area is 349 Å². The van der Waals surface area contributed by atoms with Gasteiger partial charge in [0.05, 0.1) is 15.9 Å². The number of aromatic nitrogens is 2. The summed E-state index contributed by atoms with van der Waals surface area (Å²) >= 11 is 1.40. The van der Waals surface area contributed by atoms with E-state index in [2.05, 4.69) is 21.2 Å². The average Bonchev–Trinajstić information content (AvgIpc) is 4.02. The Kier molecular flexibility index (Phi) is 9.95. The first-order valence-corrected chi connectivity index (χ1v) is 20.5. The van der Waals surface area contributed by atoms with Crippen molar-refractivity contribution in [2.75, 3.05) is 0 Å². The zero-order valence-electron chi connectivity index (χ0n) is 33.0. The zero-order chi connectivity index (χ0) is 41.5. The van der Waals surface area contributed by atoms with Crippen molar-refractivity contribution in [2.24, 2.45) is 5.16 Å². The molecular formula is C51H37N3O5S. The predicted octanol–water partition coefficient (Wildman–Crippen LogP) is 11.5. The van der Waals surface area contributed by atoms with Crippen molar-refractivity contribution in [3.8, 4) is 5.69 Å². The number of carbonyl (C=O) groups excluding carboxylic acids is 4. The zero-order valence-corrected chi connectivity index (χ0v) is 33.8. The highest BCUT2D eigenvalue weighted by Gasteiger charge is 2.20. The van der Waals surface area contributed by atoms with Gasteiger partial charge >= 0.3 is 5.97 Å². The minimum atomic E-state index is -0.524. The molecule has 292 valence electrons. The molecule has 0 aliphatic carbocycles. The second kappa shape index (κ2) is 15.7. The standard InChI is InChI=1S/C51H37N3O5S/c1-4-10-43(52-59-31(3)55)34-16-24-46-41(27-34)42-30-37(51(58)48-13-9-26-60-48)19-25-47(42)54(46)38-20-14-33(15-21-38)50(57)36-18-23-45-40(29-36)39-28-35(17-22-44(39)53(45)5-2)49(56)32-11-7-6-8-12-32/h4,6-30H,5H2,1-3H3/b10-4?,52-43+. The SMILES string of the molecule is CC=C/C(=N\OC(C)=O)c1ccc2c(c1)c1cc(C(=O)c3cccs3)ccc1n2-c1ccc(C(=O)c2ccc3c(c2)c2cc(C(=O)c4ccccc4)ccc2n3CC)cc1. The first-order valence-electron chi connectivity index (χ1n) is 19.6. The minimum absolute atomic E-state index is 0.0512. The molecule has 0 amide bonds. The third-order valence-corrected chi connectivity index (χ3v) is 11.7. The quantitative estimate of drug-likeness (QED) is 0.0561. The molecule has 0 spiro atoms. The predicted molar refractivity (Wildman–Crippen MR) is 240 cm³/mol. The van der Waals surface area contributed by atoms with E-state index in [4.69, 9.17) is 4.84 Å². The van der Waals surface area contributed by atoms with Crippen LogP contribution in [0.15, 0.2) is 162 Å². The molecule has 0 saturated carbocycles. The van der Waals surface area contributed by atoms with Crippen molar-refractivity contribution < 1.29 is 24.0 Å². The normalized spacial score (nSPS) is 11.9. The molecule has 0 fully saturated rings. The largest absolute Gasteiger partial charge is 0.341 e. The Balaban J connectivity index is 1.11. The second-order valence-electron chi connectivity index (χ2n) is 14.4. The third kappa shape index (κ3) is 6.74. The number of aryl methyl sites for hydroxylation is 1. The van der Waals surface area contributed by atoms with Gasteiger partial charge in [-0.2, -0.15) is 0 Å². The fourth-order valence-electron chi connectivity index (χ4n) is 8.01. The van der Waals surface area contributed by atoms with Crippen LogP contribution in [0.4, 0.5) is 0 Å². The van der Waals surface area contributed by atoms with Gasteiger partial charge in [-0.3, -0.25) is 14.4 Å². The van der Waals surface area contributed by atoms with Gasteiger partial charge in [0.15, 0.2) is 11.6 Å². The summed E-state index contributed by atoms with van der Waals surface area (Å²) in [5, 5.41) is 9.55. The average molecular weight is 804 g/mol. The molecule has 9 heteroatoms. The number of benzene rings is 6. The molecule has 6 aromatic carbocycles. The van der Waals surface area contributed by atoms with E-state index in [0.717, 1.165) is 61.4 Å². The Morgan fingerprint density at radius 1 is 0.583 bits per heavy atom. The van der Waals surface area contributed by atoms with E-state index in [1.165, 1.54) is 18.3 Å². The van der Waals surface area contributed by atoms with Gasteiger partial charge in [0, 0.05) is 85.1 Å². The minimum Gasteiger partial charge on any atom is -0.341 e. The van der Waals surface area contributed by atoms with Crippen LogP contribution in [-0.2, 0) is 16.2 Å². The van der Waals surface area contributed by atoms with Crippen LogP contribution in [0.25, 0.3) is 49.3 Å². The maximum absolute atomic E-state index is 14.2. The molecule has 3 heterocycles. The number of carbonyl (C=O) groups is 4. The summed E-state index contributed by atoms with van der Waals surface area (Å²) in [5.74, 6) is -0.755. The van der Waals surface area contributed by atoms with Gasteiger partial charge in [0.25, 0.3) is 0 Å². The fraction of sp³-hybridized carbons (Fsp3) is 0.0784. The maximum Gasteiger partial charge on any atom is 0.332 e.